The van der Waals surface area contributed by atoms with E-state index in [9.17, 15) is 4.39 Å². The van der Waals surface area contributed by atoms with Crippen molar-refractivity contribution in [3.8, 4) is 5.88 Å². The lowest BCUT2D eigenvalue weighted by Crippen LogP contribution is -1.98. The molecule has 2 heterocycles. The molecule has 8 heteroatoms. The summed E-state index contributed by atoms with van der Waals surface area (Å²) in [5.41, 5.74) is -0.371. The maximum atomic E-state index is 13.8. The number of fused-ring (bicyclic) bond motifs is 1. The van der Waals surface area contributed by atoms with Crippen molar-refractivity contribution in [2.75, 3.05) is 7.04 Å². The topological polar surface area (TPSA) is 47.9 Å². The predicted molar refractivity (Wildman–Crippen MR) is 58.9 cm³/mol. The molecule has 0 aliphatic heterocycles. The molecule has 2 rings (SSSR count). The molecule has 0 amide bonds. The van der Waals surface area contributed by atoms with Crippen LogP contribution in [-0.4, -0.2) is 22.0 Å². The molecule has 0 saturated carbocycles. The van der Waals surface area contributed by atoms with Crippen LogP contribution in [0.4, 0.5) is 4.39 Å². The van der Waals surface area contributed by atoms with Crippen molar-refractivity contribution in [2.45, 2.75) is 0 Å². The molecule has 4 nitrogen and oxygen atoms in total. The molecule has 2 aromatic heterocycles. The lowest BCUT2D eigenvalue weighted by molar-refractivity contribution is 0.402. The van der Waals surface area contributed by atoms with Gasteiger partial charge in [0.2, 0.25) is 11.2 Å². The van der Waals surface area contributed by atoms with Crippen LogP contribution in [0.25, 0.3) is 10.9 Å². The van der Waals surface area contributed by atoms with Crippen molar-refractivity contribution in [1.82, 2.24) is 15.0 Å². The van der Waals surface area contributed by atoms with Crippen molar-refractivity contribution < 1.29 is 13.2 Å². The largest absolute Gasteiger partial charge is 0.480 e. The van der Waals surface area contributed by atoms with Crippen molar-refractivity contribution in [1.29, 1.82) is 0 Å². The summed E-state index contributed by atoms with van der Waals surface area (Å²) in [5, 5.41) is -1.45. The maximum absolute atomic E-state index is 13.8. The Kier molecular flexibility index (Phi) is 2.14. The second-order valence-electron chi connectivity index (χ2n) is 2.63. The molecular weight excluding hydrogens is 279 g/mol. The smallest absolute Gasteiger partial charge is 0.227 e. The monoisotopic (exact) mass is 284 g/mol. The molecule has 0 spiro atoms. The zero-order chi connectivity index (χ0) is 14.4. The lowest BCUT2D eigenvalue weighted by atomic mass is 10.3. The van der Waals surface area contributed by atoms with Crippen molar-refractivity contribution >= 4 is 45.7 Å². The Morgan fingerprint density at radius 2 is 1.94 bits per heavy atom. The van der Waals surface area contributed by atoms with E-state index in [1.54, 1.807) is 0 Å². The van der Waals surface area contributed by atoms with Crippen LogP contribution < -0.4 is 4.74 Å². The summed E-state index contributed by atoms with van der Waals surface area (Å²) in [6.07, 6.45) is 0. The summed E-state index contributed by atoms with van der Waals surface area (Å²) in [7, 11) is -2.82. The highest BCUT2D eigenvalue weighted by Gasteiger charge is 2.18. The number of hydrogen-bond donors (Lipinski definition) is 0. The zero-order valence-electron chi connectivity index (χ0n) is 10.3. The van der Waals surface area contributed by atoms with Crippen molar-refractivity contribution in [3.63, 3.8) is 0 Å². The Balaban J connectivity index is 2.81. The summed E-state index contributed by atoms with van der Waals surface area (Å²) < 4.78 is 39.4. The van der Waals surface area contributed by atoms with Crippen molar-refractivity contribution in [2.24, 2.45) is 0 Å². The minimum Gasteiger partial charge on any atom is -0.480 e. The highest BCUT2D eigenvalue weighted by Crippen LogP contribution is 2.33. The van der Waals surface area contributed by atoms with Gasteiger partial charge in [0.15, 0.2) is 11.0 Å². The van der Waals surface area contributed by atoms with Crippen LogP contribution in [0.3, 0.4) is 0 Å². The lowest BCUT2D eigenvalue weighted by Gasteiger charge is -2.07. The van der Waals surface area contributed by atoms with E-state index in [1.165, 1.54) is 0 Å². The Labute approximate surface area is 109 Å². The van der Waals surface area contributed by atoms with E-state index in [1.807, 2.05) is 0 Å². The molecule has 0 saturated heterocycles. The number of nitrogens with zero attached hydrogens (tertiary/aromatic N) is 3. The first-order valence-electron chi connectivity index (χ1n) is 5.26. The first-order valence-corrected chi connectivity index (χ1v) is 4.89. The molecule has 0 aromatic carbocycles. The molecule has 0 bridgehead atoms. The van der Waals surface area contributed by atoms with Crippen LogP contribution in [0, 0.1) is 5.82 Å². The van der Waals surface area contributed by atoms with E-state index in [-0.39, 0.29) is 21.3 Å². The quantitative estimate of drug-likeness (QED) is 0.459. The van der Waals surface area contributed by atoms with Gasteiger partial charge >= 0.3 is 0 Å². The Morgan fingerprint density at radius 3 is 2.62 bits per heavy atom. The average Bonchev–Trinajstić information content (AvgIpc) is 2.22. The summed E-state index contributed by atoms with van der Waals surface area (Å²) in [6, 6.07) is 0. The van der Waals surface area contributed by atoms with Gasteiger partial charge in [0.1, 0.15) is 16.1 Å². The molecule has 0 radical (unpaired) electrons. The van der Waals surface area contributed by atoms with Gasteiger partial charge in [-0.15, -0.1) is 0 Å². The fraction of sp³-hybridized carbons (Fsp3) is 0.125. The Bertz CT molecular complexity index is 667. The number of ether oxygens (including phenoxy) is 1. The van der Waals surface area contributed by atoms with Crippen LogP contribution in [-0.2, 0) is 0 Å². The summed E-state index contributed by atoms with van der Waals surface area (Å²) in [4.78, 5) is 10.6. The fourth-order valence-corrected chi connectivity index (χ4v) is 1.75. The van der Waals surface area contributed by atoms with Crippen LogP contribution >= 0.6 is 34.8 Å². The molecule has 0 aliphatic rings. The third-order valence-electron chi connectivity index (χ3n) is 1.74. The second-order valence-corrected chi connectivity index (χ2v) is 3.68. The van der Waals surface area contributed by atoms with Crippen LogP contribution in [0.1, 0.15) is 4.11 Å². The highest BCUT2D eigenvalue weighted by molar-refractivity contribution is 6.36. The highest BCUT2D eigenvalue weighted by atomic mass is 35.5. The number of methoxy groups -OCH3 is 1. The number of pyridine rings is 1. The molecule has 0 N–H and O–H groups in total. The van der Waals surface area contributed by atoms with Crippen LogP contribution in [0.2, 0.25) is 15.6 Å². The molecular formula is C8H3Cl3FN3O. The first kappa shape index (κ1) is 8.22. The first-order chi connectivity index (χ1) is 8.69. The predicted octanol–water partition coefficient (Wildman–Crippen LogP) is 3.13. The Hall–Kier alpha value is -0.910. The van der Waals surface area contributed by atoms with Gasteiger partial charge < -0.3 is 4.74 Å². The maximum Gasteiger partial charge on any atom is 0.227 e. The summed E-state index contributed by atoms with van der Waals surface area (Å²) in [5.74, 6) is -1.50. The SMILES string of the molecule is [2H]C([2H])([2H])Oc1nc(Cl)c(F)c2nc(Cl)nc(Cl)c12. The number of rotatable bonds is 1. The number of aromatic nitrogens is 3. The van der Waals surface area contributed by atoms with Gasteiger partial charge in [-0.3, -0.25) is 0 Å². The zero-order valence-corrected chi connectivity index (χ0v) is 9.53. The van der Waals surface area contributed by atoms with Crippen LogP contribution in [0.5, 0.6) is 5.88 Å². The van der Waals surface area contributed by atoms with E-state index >= 15 is 0 Å². The molecule has 0 unspecified atom stereocenters. The minimum absolute atomic E-state index is 0.218. The average molecular weight is 286 g/mol. The molecule has 0 aliphatic carbocycles. The molecule has 16 heavy (non-hydrogen) atoms. The third kappa shape index (κ3) is 1.75. The normalized spacial score (nSPS) is 14.4. The Morgan fingerprint density at radius 1 is 1.19 bits per heavy atom. The molecule has 2 aromatic rings. The van der Waals surface area contributed by atoms with E-state index in [4.69, 9.17) is 38.9 Å². The van der Waals surface area contributed by atoms with Gasteiger partial charge in [-0.2, -0.15) is 4.98 Å². The van der Waals surface area contributed by atoms with Gasteiger partial charge in [-0.25, -0.2) is 14.4 Å². The van der Waals surface area contributed by atoms with Gasteiger partial charge in [-0.05, 0) is 11.6 Å². The molecule has 0 atom stereocenters. The molecule has 0 fully saturated rings. The summed E-state index contributed by atoms with van der Waals surface area (Å²) in [6.45, 7) is 0. The molecule has 84 valence electrons. The van der Waals surface area contributed by atoms with Crippen LogP contribution in [0.15, 0.2) is 0 Å². The van der Waals surface area contributed by atoms with E-state index < -0.39 is 23.9 Å². The van der Waals surface area contributed by atoms with E-state index in [0.29, 0.717) is 0 Å². The van der Waals surface area contributed by atoms with Gasteiger partial charge in [0, 0.05) is 0 Å². The third-order valence-corrected chi connectivity index (χ3v) is 2.43. The summed E-state index contributed by atoms with van der Waals surface area (Å²) >= 11 is 16.8. The second kappa shape index (κ2) is 4.16. The number of halogens is 4. The van der Waals surface area contributed by atoms with E-state index in [0.717, 1.165) is 0 Å². The van der Waals surface area contributed by atoms with Gasteiger partial charge in [-0.1, -0.05) is 23.2 Å². The number of hydrogen-bond acceptors (Lipinski definition) is 4. The standard InChI is InChI=1S/C8H3Cl3FN3O/c1-16-7-2-4(3(12)6(10)14-7)13-8(11)15-5(2)9/h1H3/i1D3. The van der Waals surface area contributed by atoms with Crippen molar-refractivity contribution in [3.05, 3.63) is 21.4 Å². The van der Waals surface area contributed by atoms with Gasteiger partial charge in [0.25, 0.3) is 0 Å². The van der Waals surface area contributed by atoms with E-state index in [2.05, 4.69) is 19.7 Å². The fourth-order valence-electron chi connectivity index (χ4n) is 1.12. The minimum atomic E-state index is -2.82. The van der Waals surface area contributed by atoms with Gasteiger partial charge in [0.05, 0.1) is 11.2 Å².